The zero-order valence-electron chi connectivity index (χ0n) is 11.2. The molecule has 1 atom stereocenters. The maximum Gasteiger partial charge on any atom is 0.196 e. The topological polar surface area (TPSA) is 59.8 Å². The molecular formula is C14H18N4O. The molecule has 1 aromatic heterocycles. The molecule has 0 aliphatic heterocycles. The molecule has 1 unspecified atom stereocenters. The minimum Gasteiger partial charge on any atom is -0.307 e. The van der Waals surface area contributed by atoms with E-state index in [0.717, 1.165) is 12.1 Å². The molecule has 1 N–H and O–H groups in total. The molecule has 100 valence electrons. The Hall–Kier alpha value is -2.01. The van der Waals surface area contributed by atoms with Crippen molar-refractivity contribution in [2.75, 3.05) is 6.54 Å². The van der Waals surface area contributed by atoms with Gasteiger partial charge in [-0.2, -0.15) is 0 Å². The highest BCUT2D eigenvalue weighted by molar-refractivity contribution is 5.96. The van der Waals surface area contributed by atoms with E-state index in [1.54, 1.807) is 4.68 Å². The van der Waals surface area contributed by atoms with Crippen molar-refractivity contribution in [2.45, 2.75) is 26.3 Å². The lowest BCUT2D eigenvalue weighted by Crippen LogP contribution is -2.31. The number of hydrogen-bond acceptors (Lipinski definition) is 4. The highest BCUT2D eigenvalue weighted by Gasteiger charge is 2.14. The second kappa shape index (κ2) is 6.24. The van der Waals surface area contributed by atoms with Crippen LogP contribution in [0.1, 0.15) is 30.8 Å². The lowest BCUT2D eigenvalue weighted by atomic mass is 10.2. The number of benzene rings is 1. The van der Waals surface area contributed by atoms with Gasteiger partial charge < -0.3 is 5.32 Å². The third-order valence-corrected chi connectivity index (χ3v) is 3.06. The van der Waals surface area contributed by atoms with Crippen LogP contribution in [0.5, 0.6) is 0 Å². The summed E-state index contributed by atoms with van der Waals surface area (Å²) < 4.78 is 1.57. The van der Waals surface area contributed by atoms with Crippen molar-refractivity contribution in [1.29, 1.82) is 0 Å². The molecule has 0 radical (unpaired) electrons. The van der Waals surface area contributed by atoms with Gasteiger partial charge in [0.05, 0.1) is 18.4 Å². The van der Waals surface area contributed by atoms with Gasteiger partial charge in [0.15, 0.2) is 5.78 Å². The molecule has 5 heteroatoms. The Balaban J connectivity index is 2.14. The van der Waals surface area contributed by atoms with Crippen molar-refractivity contribution < 1.29 is 4.79 Å². The monoisotopic (exact) mass is 258 g/mol. The van der Waals surface area contributed by atoms with E-state index in [0.29, 0.717) is 18.3 Å². The number of rotatable bonds is 6. The fourth-order valence-corrected chi connectivity index (χ4v) is 1.69. The fourth-order valence-electron chi connectivity index (χ4n) is 1.69. The van der Waals surface area contributed by atoms with E-state index in [1.165, 1.54) is 6.20 Å². The largest absolute Gasteiger partial charge is 0.307 e. The second-order valence-electron chi connectivity index (χ2n) is 4.48. The number of ketones is 1. The first-order valence-electron chi connectivity index (χ1n) is 6.45. The number of nitrogens with zero attached hydrogens (tertiary/aromatic N) is 3. The maximum absolute atomic E-state index is 12.2. The molecular weight excluding hydrogens is 240 g/mol. The Morgan fingerprint density at radius 1 is 1.37 bits per heavy atom. The van der Waals surface area contributed by atoms with Crippen LogP contribution in [0.3, 0.4) is 0 Å². The van der Waals surface area contributed by atoms with Gasteiger partial charge in [0.1, 0.15) is 5.69 Å². The second-order valence-corrected chi connectivity index (χ2v) is 4.48. The number of aromatic nitrogens is 3. The zero-order valence-corrected chi connectivity index (χ0v) is 11.2. The summed E-state index contributed by atoms with van der Waals surface area (Å²) in [5.74, 6) is -0.00541. The highest BCUT2D eigenvalue weighted by atomic mass is 16.1. The standard InChI is InChI=1S/C14H18N4O/c1-3-11(2)15-10-14(19)13-9-16-17-18(13)12-7-5-4-6-8-12/h4-9,11,15H,3,10H2,1-2H3. The van der Waals surface area contributed by atoms with Crippen LogP contribution in [-0.2, 0) is 0 Å². The minimum absolute atomic E-state index is 0.00541. The van der Waals surface area contributed by atoms with Crippen LogP contribution in [-0.4, -0.2) is 33.4 Å². The predicted octanol–water partition coefficient (Wildman–Crippen LogP) is 1.84. The van der Waals surface area contributed by atoms with E-state index in [-0.39, 0.29) is 5.78 Å². The summed E-state index contributed by atoms with van der Waals surface area (Å²) in [6, 6.07) is 9.85. The van der Waals surface area contributed by atoms with Crippen LogP contribution in [0.2, 0.25) is 0 Å². The van der Waals surface area contributed by atoms with Gasteiger partial charge in [-0.25, -0.2) is 4.68 Å². The number of Topliss-reactive ketones (excluding diaryl/α,β-unsaturated/α-hetero) is 1. The average molecular weight is 258 g/mol. The highest BCUT2D eigenvalue weighted by Crippen LogP contribution is 2.09. The molecule has 1 heterocycles. The first-order chi connectivity index (χ1) is 9.22. The average Bonchev–Trinajstić information content (AvgIpc) is 2.94. The van der Waals surface area contributed by atoms with Gasteiger partial charge >= 0.3 is 0 Å². The van der Waals surface area contributed by atoms with E-state index in [4.69, 9.17) is 0 Å². The van der Waals surface area contributed by atoms with E-state index in [2.05, 4.69) is 29.5 Å². The number of para-hydroxylation sites is 1. The van der Waals surface area contributed by atoms with Crippen molar-refractivity contribution in [2.24, 2.45) is 0 Å². The normalized spacial score (nSPS) is 12.3. The number of carbonyl (C=O) groups is 1. The van der Waals surface area contributed by atoms with Crippen LogP contribution < -0.4 is 5.32 Å². The van der Waals surface area contributed by atoms with E-state index >= 15 is 0 Å². The van der Waals surface area contributed by atoms with Crippen LogP contribution >= 0.6 is 0 Å². The Morgan fingerprint density at radius 2 is 2.11 bits per heavy atom. The summed E-state index contributed by atoms with van der Waals surface area (Å²) in [6.45, 7) is 4.44. The number of hydrogen-bond donors (Lipinski definition) is 1. The van der Waals surface area contributed by atoms with Crippen molar-refractivity contribution in [1.82, 2.24) is 20.3 Å². The van der Waals surface area contributed by atoms with Gasteiger partial charge in [-0.3, -0.25) is 4.79 Å². The van der Waals surface area contributed by atoms with Crippen molar-refractivity contribution in [3.05, 3.63) is 42.2 Å². The molecule has 0 spiro atoms. The number of carbonyl (C=O) groups excluding carboxylic acids is 1. The summed E-state index contributed by atoms with van der Waals surface area (Å²) in [6.07, 6.45) is 2.50. The van der Waals surface area contributed by atoms with Crippen LogP contribution in [0, 0.1) is 0 Å². The molecule has 1 aromatic carbocycles. The molecule has 0 saturated heterocycles. The molecule has 0 aliphatic rings. The Labute approximate surface area is 112 Å². The molecule has 19 heavy (non-hydrogen) atoms. The van der Waals surface area contributed by atoms with E-state index in [9.17, 15) is 4.79 Å². The molecule has 0 aliphatic carbocycles. The summed E-state index contributed by atoms with van der Waals surface area (Å²) in [5.41, 5.74) is 1.34. The van der Waals surface area contributed by atoms with Gasteiger partial charge in [0.2, 0.25) is 0 Å². The third kappa shape index (κ3) is 3.26. The summed E-state index contributed by atoms with van der Waals surface area (Å²) in [4.78, 5) is 12.2. The Morgan fingerprint density at radius 3 is 2.79 bits per heavy atom. The van der Waals surface area contributed by atoms with Gasteiger partial charge in [-0.05, 0) is 25.5 Å². The zero-order chi connectivity index (χ0) is 13.7. The van der Waals surface area contributed by atoms with Crippen molar-refractivity contribution in [3.63, 3.8) is 0 Å². The first kappa shape index (κ1) is 13.4. The maximum atomic E-state index is 12.2. The van der Waals surface area contributed by atoms with Gasteiger partial charge in [-0.1, -0.05) is 30.3 Å². The van der Waals surface area contributed by atoms with E-state index < -0.39 is 0 Å². The van der Waals surface area contributed by atoms with Crippen molar-refractivity contribution in [3.8, 4) is 5.69 Å². The minimum atomic E-state index is -0.00541. The SMILES string of the molecule is CCC(C)NCC(=O)c1cnnn1-c1ccccc1. The van der Waals surface area contributed by atoms with Gasteiger partial charge in [0, 0.05) is 6.04 Å². The molecule has 5 nitrogen and oxygen atoms in total. The molecule has 2 aromatic rings. The third-order valence-electron chi connectivity index (χ3n) is 3.06. The molecule has 0 amide bonds. The van der Waals surface area contributed by atoms with Gasteiger partial charge in [0.25, 0.3) is 0 Å². The van der Waals surface area contributed by atoms with E-state index in [1.807, 2.05) is 30.3 Å². The summed E-state index contributed by atoms with van der Waals surface area (Å²) in [7, 11) is 0. The van der Waals surface area contributed by atoms with Crippen LogP contribution in [0.4, 0.5) is 0 Å². The fraction of sp³-hybridized carbons (Fsp3) is 0.357. The Bertz CT molecular complexity index is 535. The van der Waals surface area contributed by atoms with Gasteiger partial charge in [-0.15, -0.1) is 5.10 Å². The van der Waals surface area contributed by atoms with Crippen molar-refractivity contribution >= 4 is 5.78 Å². The molecule has 0 saturated carbocycles. The quantitative estimate of drug-likeness (QED) is 0.803. The molecule has 0 bridgehead atoms. The number of nitrogens with one attached hydrogen (secondary N) is 1. The predicted molar refractivity (Wildman–Crippen MR) is 73.4 cm³/mol. The summed E-state index contributed by atoms with van der Waals surface area (Å²) in [5, 5.41) is 11.0. The van der Waals surface area contributed by atoms with Crippen LogP contribution in [0.25, 0.3) is 5.69 Å². The lowest BCUT2D eigenvalue weighted by Gasteiger charge is -2.10. The summed E-state index contributed by atoms with van der Waals surface area (Å²) >= 11 is 0. The molecule has 2 rings (SSSR count). The van der Waals surface area contributed by atoms with Crippen LogP contribution in [0.15, 0.2) is 36.5 Å². The first-order valence-corrected chi connectivity index (χ1v) is 6.45. The Kier molecular flexibility index (Phi) is 4.41. The lowest BCUT2D eigenvalue weighted by molar-refractivity contribution is 0.0980. The molecule has 0 fully saturated rings. The smallest absolute Gasteiger partial charge is 0.196 e.